The molecule has 0 unspecified atom stereocenters. The van der Waals surface area contributed by atoms with Crippen molar-refractivity contribution in [3.63, 3.8) is 0 Å². The Hall–Kier alpha value is -1.86. The van der Waals surface area contributed by atoms with E-state index >= 15 is 0 Å². The average molecular weight is 335 g/mol. The lowest BCUT2D eigenvalue weighted by molar-refractivity contribution is -0.115. The molecule has 0 spiro atoms. The predicted octanol–water partition coefficient (Wildman–Crippen LogP) is 2.29. The van der Waals surface area contributed by atoms with Gasteiger partial charge in [-0.1, -0.05) is 0 Å². The summed E-state index contributed by atoms with van der Waals surface area (Å²) in [6.45, 7) is 1.73. The Morgan fingerprint density at radius 1 is 1.39 bits per heavy atom. The summed E-state index contributed by atoms with van der Waals surface area (Å²) < 4.78 is 13.7. The Labute approximate surface area is 138 Å². The lowest BCUT2D eigenvalue weighted by Gasteiger charge is -2.23. The molecule has 1 N–H and O–H groups in total. The predicted molar refractivity (Wildman–Crippen MR) is 89.8 cm³/mol. The van der Waals surface area contributed by atoms with Gasteiger partial charge < -0.3 is 9.80 Å². The highest BCUT2D eigenvalue weighted by Gasteiger charge is 2.28. The van der Waals surface area contributed by atoms with Gasteiger partial charge in [0, 0.05) is 30.4 Å². The number of imide groups is 1. The molecule has 0 bridgehead atoms. The van der Waals surface area contributed by atoms with E-state index in [0.717, 1.165) is 37.0 Å². The highest BCUT2D eigenvalue weighted by atomic mass is 32.2. The molecule has 0 aliphatic carbocycles. The van der Waals surface area contributed by atoms with Crippen LogP contribution in [-0.4, -0.2) is 49.3 Å². The normalized spacial score (nSPS) is 23.2. The molecule has 0 radical (unpaired) electrons. The van der Waals surface area contributed by atoms with Gasteiger partial charge in [-0.2, -0.15) is 0 Å². The number of nitrogens with zero attached hydrogens (tertiary/aromatic N) is 2. The number of rotatable bonds is 3. The van der Waals surface area contributed by atoms with Crippen molar-refractivity contribution in [2.24, 2.45) is 0 Å². The van der Waals surface area contributed by atoms with Gasteiger partial charge in [-0.3, -0.25) is 14.9 Å². The minimum atomic E-state index is -0.428. The van der Waals surface area contributed by atoms with E-state index in [1.54, 1.807) is 12.1 Å². The fourth-order valence-corrected chi connectivity index (χ4v) is 3.55. The number of anilines is 1. The molecule has 0 aromatic heterocycles. The molecule has 2 saturated heterocycles. The first-order valence-electron chi connectivity index (χ1n) is 7.40. The van der Waals surface area contributed by atoms with Gasteiger partial charge in [0.25, 0.3) is 11.1 Å². The number of hydrogen-bond donors (Lipinski definition) is 1. The number of nitrogens with one attached hydrogen (secondary N) is 1. The maximum atomic E-state index is 13.7. The van der Waals surface area contributed by atoms with Crippen molar-refractivity contribution in [2.75, 3.05) is 32.1 Å². The number of benzene rings is 1. The van der Waals surface area contributed by atoms with Gasteiger partial charge in [-0.25, -0.2) is 4.39 Å². The van der Waals surface area contributed by atoms with Gasteiger partial charge >= 0.3 is 0 Å². The minimum absolute atomic E-state index is 0.296. The number of halogens is 1. The molecule has 2 heterocycles. The highest BCUT2D eigenvalue weighted by Crippen LogP contribution is 2.32. The SMILES string of the molecule is CN(C)[C@H]1CCN(c2ccc(F)cc2/C=C2/SC(=O)NC2=O)C1. The van der Waals surface area contributed by atoms with Crippen molar-refractivity contribution in [2.45, 2.75) is 12.5 Å². The lowest BCUT2D eigenvalue weighted by atomic mass is 10.1. The second-order valence-corrected chi connectivity index (χ2v) is 6.92. The van der Waals surface area contributed by atoms with Gasteiger partial charge in [-0.05, 0) is 56.6 Å². The molecule has 1 aromatic rings. The number of hydrogen-bond acceptors (Lipinski definition) is 5. The van der Waals surface area contributed by atoms with Crippen LogP contribution in [0.5, 0.6) is 0 Å². The van der Waals surface area contributed by atoms with Crippen molar-refractivity contribution < 1.29 is 14.0 Å². The standard InChI is InChI=1S/C16H18FN3O2S/c1-19(2)12-5-6-20(9-12)13-4-3-11(17)7-10(13)8-14-15(21)18-16(22)23-14/h3-4,7-8,12H,5-6,9H2,1-2H3,(H,18,21,22)/b14-8+/t12-/m0/s1. The maximum absolute atomic E-state index is 13.7. The lowest BCUT2D eigenvalue weighted by Crippen LogP contribution is -2.31. The van der Waals surface area contributed by atoms with E-state index in [4.69, 9.17) is 0 Å². The molecular weight excluding hydrogens is 317 g/mol. The summed E-state index contributed by atoms with van der Waals surface area (Å²) in [5, 5.41) is 1.82. The quantitative estimate of drug-likeness (QED) is 0.859. The van der Waals surface area contributed by atoms with Crippen LogP contribution in [0.25, 0.3) is 6.08 Å². The van der Waals surface area contributed by atoms with E-state index in [-0.39, 0.29) is 5.82 Å². The van der Waals surface area contributed by atoms with Crippen LogP contribution < -0.4 is 10.2 Å². The number of carbonyl (C=O) groups is 2. The Balaban J connectivity index is 1.92. The first kappa shape index (κ1) is 16.0. The smallest absolute Gasteiger partial charge is 0.290 e. The van der Waals surface area contributed by atoms with E-state index < -0.39 is 11.1 Å². The van der Waals surface area contributed by atoms with Crippen LogP contribution in [0, 0.1) is 5.82 Å². The molecule has 122 valence electrons. The molecule has 2 aliphatic heterocycles. The van der Waals surface area contributed by atoms with Crippen LogP contribution in [0.2, 0.25) is 0 Å². The molecule has 23 heavy (non-hydrogen) atoms. The third-order valence-electron chi connectivity index (χ3n) is 4.15. The van der Waals surface area contributed by atoms with Crippen molar-refractivity contribution >= 4 is 34.7 Å². The first-order valence-corrected chi connectivity index (χ1v) is 8.21. The Bertz CT molecular complexity index is 690. The summed E-state index contributed by atoms with van der Waals surface area (Å²) in [5.74, 6) is -0.790. The monoisotopic (exact) mass is 335 g/mol. The van der Waals surface area contributed by atoms with Gasteiger partial charge in [0.2, 0.25) is 0 Å². The van der Waals surface area contributed by atoms with E-state index in [0.29, 0.717) is 16.5 Å². The molecule has 1 aromatic carbocycles. The fourth-order valence-electron chi connectivity index (χ4n) is 2.87. The van der Waals surface area contributed by atoms with Gasteiger partial charge in [0.15, 0.2) is 0 Å². The highest BCUT2D eigenvalue weighted by molar-refractivity contribution is 8.18. The van der Waals surface area contributed by atoms with Crippen molar-refractivity contribution in [3.05, 3.63) is 34.5 Å². The fraction of sp³-hybridized carbons (Fsp3) is 0.375. The van der Waals surface area contributed by atoms with Crippen LogP contribution >= 0.6 is 11.8 Å². The Kier molecular flexibility index (Phi) is 4.41. The molecule has 2 amide bonds. The summed E-state index contributed by atoms with van der Waals surface area (Å²) in [4.78, 5) is 27.7. The molecule has 7 heteroatoms. The number of carbonyl (C=O) groups excluding carboxylic acids is 2. The maximum Gasteiger partial charge on any atom is 0.290 e. The second kappa shape index (κ2) is 6.33. The molecule has 1 atom stereocenters. The van der Waals surface area contributed by atoms with Crippen molar-refractivity contribution in [3.8, 4) is 0 Å². The largest absolute Gasteiger partial charge is 0.369 e. The topological polar surface area (TPSA) is 52.6 Å². The van der Waals surface area contributed by atoms with Crippen LogP contribution in [0.4, 0.5) is 14.9 Å². The van der Waals surface area contributed by atoms with Gasteiger partial charge in [0.1, 0.15) is 5.82 Å². The van der Waals surface area contributed by atoms with Crippen LogP contribution in [0.3, 0.4) is 0 Å². The Morgan fingerprint density at radius 2 is 2.17 bits per heavy atom. The van der Waals surface area contributed by atoms with E-state index in [1.807, 2.05) is 14.1 Å². The van der Waals surface area contributed by atoms with Gasteiger partial charge in [-0.15, -0.1) is 0 Å². The van der Waals surface area contributed by atoms with E-state index in [9.17, 15) is 14.0 Å². The zero-order valence-corrected chi connectivity index (χ0v) is 13.8. The van der Waals surface area contributed by atoms with Crippen molar-refractivity contribution in [1.82, 2.24) is 10.2 Å². The van der Waals surface area contributed by atoms with Crippen molar-refractivity contribution in [1.29, 1.82) is 0 Å². The zero-order chi connectivity index (χ0) is 16.6. The zero-order valence-electron chi connectivity index (χ0n) is 13.0. The van der Waals surface area contributed by atoms with Crippen LogP contribution in [0.15, 0.2) is 23.1 Å². The third-order valence-corrected chi connectivity index (χ3v) is 4.96. The summed E-state index contributed by atoms with van der Waals surface area (Å²) in [6, 6.07) is 5.01. The summed E-state index contributed by atoms with van der Waals surface area (Å²) in [7, 11) is 4.10. The molecule has 2 fully saturated rings. The second-order valence-electron chi connectivity index (χ2n) is 5.91. The average Bonchev–Trinajstić information content (AvgIpc) is 3.07. The summed E-state index contributed by atoms with van der Waals surface area (Å²) in [5.41, 5.74) is 1.51. The molecular formula is C16H18FN3O2S. The van der Waals surface area contributed by atoms with Crippen LogP contribution in [-0.2, 0) is 4.79 Å². The van der Waals surface area contributed by atoms with Crippen LogP contribution in [0.1, 0.15) is 12.0 Å². The third kappa shape index (κ3) is 3.40. The number of thioether (sulfide) groups is 1. The van der Waals surface area contributed by atoms with Gasteiger partial charge in [0.05, 0.1) is 4.91 Å². The van der Waals surface area contributed by atoms with E-state index in [1.165, 1.54) is 12.1 Å². The molecule has 0 saturated carbocycles. The minimum Gasteiger partial charge on any atom is -0.369 e. The van der Waals surface area contributed by atoms with E-state index in [2.05, 4.69) is 15.1 Å². The number of likely N-dealkylation sites (N-methyl/N-ethyl adjacent to an activating group) is 1. The molecule has 5 nitrogen and oxygen atoms in total. The molecule has 3 rings (SSSR count). The Morgan fingerprint density at radius 3 is 2.78 bits per heavy atom. The summed E-state index contributed by atoms with van der Waals surface area (Å²) in [6.07, 6.45) is 2.63. The molecule has 2 aliphatic rings. The summed E-state index contributed by atoms with van der Waals surface area (Å²) >= 11 is 0.843. The number of amides is 2. The first-order chi connectivity index (χ1) is 10.9.